The smallest absolute Gasteiger partial charge is 0.154 e. The number of rotatable bonds is 6. The van der Waals surface area contributed by atoms with Crippen LogP contribution in [-0.2, 0) is 0 Å². The van der Waals surface area contributed by atoms with Crippen LogP contribution in [0.15, 0.2) is 71.1 Å². The Balaban J connectivity index is 1.78. The number of nitrogen functional groups attached to an aromatic ring is 2. The van der Waals surface area contributed by atoms with Crippen LogP contribution in [0.1, 0.15) is 11.1 Å². The number of hydrogen-bond acceptors (Lipinski definition) is 7. The molecule has 5 N–H and O–H groups in total. The lowest BCUT2D eigenvalue weighted by Crippen LogP contribution is -2.26. The van der Waals surface area contributed by atoms with Gasteiger partial charge in [-0.25, -0.2) is 9.98 Å². The fourth-order valence-electron chi connectivity index (χ4n) is 2.54. The van der Waals surface area contributed by atoms with Gasteiger partial charge in [0.1, 0.15) is 21.8 Å². The highest BCUT2D eigenvalue weighted by Gasteiger charge is 2.06. The molecular formula is C21H19Cl2N7O. The normalized spacial score (nSPS) is 12.0. The Labute approximate surface area is 188 Å². The summed E-state index contributed by atoms with van der Waals surface area (Å²) < 4.78 is 7.27. The molecule has 0 atom stereocenters. The Morgan fingerprint density at radius 3 is 2.81 bits per heavy atom. The number of aryl methyl sites for hydroxylation is 1. The number of anilines is 1. The number of allylic oxidation sites excluding steroid dienone is 1. The van der Waals surface area contributed by atoms with Gasteiger partial charge in [-0.15, -0.1) is 0 Å². The summed E-state index contributed by atoms with van der Waals surface area (Å²) in [6.45, 7) is 1.92. The summed E-state index contributed by atoms with van der Waals surface area (Å²) in [4.78, 5) is 12.5. The van der Waals surface area contributed by atoms with Crippen LogP contribution in [0, 0.1) is 12.3 Å². The van der Waals surface area contributed by atoms with E-state index >= 15 is 0 Å². The summed E-state index contributed by atoms with van der Waals surface area (Å²) in [5.41, 5.74) is 8.62. The molecule has 0 unspecified atom stereocenters. The molecule has 10 heteroatoms. The number of nitrogens with two attached hydrogens (primary N) is 2. The molecule has 3 aromatic rings. The molecule has 2 heterocycles. The van der Waals surface area contributed by atoms with Crippen molar-refractivity contribution in [1.82, 2.24) is 9.66 Å². The molecule has 0 spiro atoms. The number of halogens is 2. The zero-order valence-electron chi connectivity index (χ0n) is 16.5. The third-order valence-electron chi connectivity index (χ3n) is 4.04. The number of ether oxygens (including phenoxy) is 1. The van der Waals surface area contributed by atoms with Crippen molar-refractivity contribution in [2.24, 2.45) is 9.98 Å². The molecule has 0 saturated carbocycles. The Morgan fingerprint density at radius 1 is 1.26 bits per heavy atom. The van der Waals surface area contributed by atoms with Gasteiger partial charge in [-0.05, 0) is 48.9 Å². The second-order valence-corrected chi connectivity index (χ2v) is 7.11. The zero-order chi connectivity index (χ0) is 22.4. The van der Waals surface area contributed by atoms with Crippen molar-refractivity contribution in [2.75, 3.05) is 11.6 Å². The fourth-order valence-corrected chi connectivity index (χ4v) is 2.85. The summed E-state index contributed by atoms with van der Waals surface area (Å²) in [6, 6.07) is 10.3. The van der Waals surface area contributed by atoms with Gasteiger partial charge in [0.15, 0.2) is 5.49 Å². The molecule has 0 aliphatic carbocycles. The number of hydrogen-bond donors (Lipinski definition) is 3. The summed E-state index contributed by atoms with van der Waals surface area (Å²) in [7, 11) is 0. The van der Waals surface area contributed by atoms with Crippen LogP contribution < -0.4 is 21.8 Å². The van der Waals surface area contributed by atoms with Crippen LogP contribution in [0.2, 0.25) is 5.15 Å². The van der Waals surface area contributed by atoms with Crippen molar-refractivity contribution in [3.8, 4) is 11.5 Å². The molecule has 1 aromatic carbocycles. The standard InChI is InChI=1S/C21H19Cl2N7O/c1-13-9-14(24)3-4-18(13)31-15-5-8-30(26)20(10-15)28-7-2-6-27-17-12-29-19(22)11-16(17)21(23)25/h2-12,25H,24,26H2,1H3/b7-2-,25-21?,27-6?,28-20?. The minimum atomic E-state index is -0.178. The molecule has 2 aromatic heterocycles. The van der Waals surface area contributed by atoms with E-state index in [1.165, 1.54) is 29.4 Å². The third-order valence-corrected chi connectivity index (χ3v) is 4.45. The maximum Gasteiger partial charge on any atom is 0.154 e. The van der Waals surface area contributed by atoms with Gasteiger partial charge in [0.25, 0.3) is 0 Å². The lowest BCUT2D eigenvalue weighted by Gasteiger charge is -2.10. The van der Waals surface area contributed by atoms with E-state index in [4.69, 9.17) is 44.9 Å². The third kappa shape index (κ3) is 5.94. The van der Waals surface area contributed by atoms with Crippen LogP contribution in [-0.4, -0.2) is 21.0 Å². The van der Waals surface area contributed by atoms with Crippen molar-refractivity contribution >= 4 is 46.0 Å². The average molecular weight is 456 g/mol. The molecule has 158 valence electrons. The Morgan fingerprint density at radius 2 is 2.06 bits per heavy atom. The summed E-state index contributed by atoms with van der Waals surface area (Å²) in [5, 5.41) is 7.64. The Kier molecular flexibility index (Phi) is 7.07. The first-order valence-electron chi connectivity index (χ1n) is 8.98. The first kappa shape index (κ1) is 22.1. The monoisotopic (exact) mass is 455 g/mol. The van der Waals surface area contributed by atoms with Gasteiger partial charge in [0.05, 0.1) is 11.9 Å². The van der Waals surface area contributed by atoms with Crippen LogP contribution in [0.3, 0.4) is 0 Å². The average Bonchev–Trinajstić information content (AvgIpc) is 2.72. The topological polar surface area (TPSA) is 128 Å². The van der Waals surface area contributed by atoms with E-state index in [1.807, 2.05) is 19.1 Å². The number of nitrogens with zero attached hydrogens (tertiary/aromatic N) is 4. The van der Waals surface area contributed by atoms with E-state index < -0.39 is 0 Å². The highest BCUT2D eigenvalue weighted by atomic mass is 35.5. The van der Waals surface area contributed by atoms with Crippen LogP contribution in [0.4, 0.5) is 11.4 Å². The molecule has 0 fully saturated rings. The minimum absolute atomic E-state index is 0.178. The number of aliphatic imine (C=N–C) groups is 1. The molecule has 8 nitrogen and oxygen atoms in total. The Hall–Kier alpha value is -3.62. The van der Waals surface area contributed by atoms with E-state index in [9.17, 15) is 0 Å². The maximum atomic E-state index is 7.58. The van der Waals surface area contributed by atoms with Crippen molar-refractivity contribution in [1.29, 1.82) is 5.41 Å². The molecule has 0 saturated heterocycles. The number of nitrogens with one attached hydrogen (secondary N) is 1. The number of pyridine rings is 2. The van der Waals surface area contributed by atoms with Gasteiger partial charge in [0.2, 0.25) is 0 Å². The van der Waals surface area contributed by atoms with Gasteiger partial charge in [-0.1, -0.05) is 23.2 Å². The quantitative estimate of drug-likeness (QED) is 0.221. The molecule has 0 amide bonds. The van der Waals surface area contributed by atoms with Crippen LogP contribution in [0.25, 0.3) is 0 Å². The number of benzene rings is 1. The van der Waals surface area contributed by atoms with E-state index in [0.717, 1.165) is 5.56 Å². The van der Waals surface area contributed by atoms with E-state index in [0.29, 0.717) is 33.9 Å². The molecule has 31 heavy (non-hydrogen) atoms. The van der Waals surface area contributed by atoms with Gasteiger partial charge < -0.3 is 16.3 Å². The van der Waals surface area contributed by atoms with E-state index in [1.54, 1.807) is 30.5 Å². The molecule has 0 bridgehead atoms. The van der Waals surface area contributed by atoms with Gasteiger partial charge in [0, 0.05) is 35.9 Å². The molecular weight excluding hydrogens is 437 g/mol. The van der Waals surface area contributed by atoms with Crippen LogP contribution >= 0.6 is 23.2 Å². The van der Waals surface area contributed by atoms with E-state index in [2.05, 4.69) is 15.0 Å². The molecule has 0 radical (unpaired) electrons. The summed E-state index contributed by atoms with van der Waals surface area (Å²) in [6.07, 6.45) is 7.70. The Bertz CT molecular complexity index is 1250. The van der Waals surface area contributed by atoms with Gasteiger partial charge in [-0.3, -0.25) is 15.1 Å². The number of aromatic nitrogens is 2. The molecule has 0 aliphatic heterocycles. The lowest BCUT2D eigenvalue weighted by atomic mass is 10.2. The SMILES string of the molecule is Cc1cc(N)ccc1Oc1ccn(N)c(=N/C=C\C=Nc2cnc(Cl)cc2C(=N)Cl)c1. The lowest BCUT2D eigenvalue weighted by molar-refractivity contribution is 0.476. The van der Waals surface area contributed by atoms with Crippen molar-refractivity contribution in [2.45, 2.75) is 6.92 Å². The summed E-state index contributed by atoms with van der Waals surface area (Å²) >= 11 is 11.6. The van der Waals surface area contributed by atoms with Crippen molar-refractivity contribution < 1.29 is 4.74 Å². The van der Waals surface area contributed by atoms with E-state index in [-0.39, 0.29) is 10.3 Å². The maximum absolute atomic E-state index is 7.58. The second-order valence-electron chi connectivity index (χ2n) is 6.34. The van der Waals surface area contributed by atoms with Crippen molar-refractivity contribution in [3.05, 3.63) is 82.8 Å². The predicted molar refractivity (Wildman–Crippen MR) is 125 cm³/mol. The highest BCUT2D eigenvalue weighted by Crippen LogP contribution is 2.25. The zero-order valence-corrected chi connectivity index (χ0v) is 18.0. The fraction of sp³-hybridized carbons (Fsp3) is 0.0476. The highest BCUT2D eigenvalue weighted by molar-refractivity contribution is 6.69. The van der Waals surface area contributed by atoms with Gasteiger partial charge in [-0.2, -0.15) is 0 Å². The molecule has 3 rings (SSSR count). The summed E-state index contributed by atoms with van der Waals surface area (Å²) in [5.74, 6) is 7.20. The predicted octanol–water partition coefficient (Wildman–Crippen LogP) is 4.31. The minimum Gasteiger partial charge on any atom is -0.457 e. The second kappa shape index (κ2) is 9.92. The first-order chi connectivity index (χ1) is 14.8. The van der Waals surface area contributed by atoms with Crippen molar-refractivity contribution in [3.63, 3.8) is 0 Å². The first-order valence-corrected chi connectivity index (χ1v) is 9.74. The largest absolute Gasteiger partial charge is 0.457 e. The molecule has 0 aliphatic rings. The van der Waals surface area contributed by atoms with Gasteiger partial charge >= 0.3 is 0 Å². The van der Waals surface area contributed by atoms with Crippen LogP contribution in [0.5, 0.6) is 11.5 Å².